The predicted molar refractivity (Wildman–Crippen MR) is 142 cm³/mol. The second kappa shape index (κ2) is 10.1. The highest BCUT2D eigenvalue weighted by Crippen LogP contribution is 2.35. The minimum absolute atomic E-state index is 0.0745. The number of pyridine rings is 1. The molecule has 1 N–H and O–H groups in total. The van der Waals surface area contributed by atoms with E-state index in [1.54, 1.807) is 40.6 Å². The number of carbonyl (C=O) groups is 1. The monoisotopic (exact) mass is 518 g/mol. The molecule has 1 aromatic carbocycles. The molecule has 0 radical (unpaired) electrons. The lowest BCUT2D eigenvalue weighted by Gasteiger charge is -2.31. The molecule has 0 saturated heterocycles. The average Bonchev–Trinajstić information content (AvgIpc) is 3.50. The van der Waals surface area contributed by atoms with Crippen molar-refractivity contribution in [3.63, 3.8) is 0 Å². The highest BCUT2D eigenvalue weighted by Gasteiger charge is 2.27. The van der Waals surface area contributed by atoms with Crippen molar-refractivity contribution in [2.24, 2.45) is 0 Å². The SMILES string of the molecule is CCN(C(=O)Cc1nc2scc(-c3ccc(C)s3)c2c(=O)[nH]1)C(c1ccc(F)cc1)c1ccccn1. The minimum atomic E-state index is -0.504. The molecule has 182 valence electrons. The first kappa shape index (κ1) is 24.0. The maximum Gasteiger partial charge on any atom is 0.260 e. The topological polar surface area (TPSA) is 79.0 Å². The molecule has 9 heteroatoms. The van der Waals surface area contributed by atoms with E-state index in [2.05, 4.69) is 15.0 Å². The van der Waals surface area contributed by atoms with E-state index in [4.69, 9.17) is 0 Å². The zero-order chi connectivity index (χ0) is 25.2. The third-order valence-corrected chi connectivity index (χ3v) is 7.85. The first-order valence-corrected chi connectivity index (χ1v) is 13.2. The zero-order valence-corrected chi connectivity index (χ0v) is 21.3. The number of benzene rings is 1. The number of amides is 1. The molecule has 6 nitrogen and oxygen atoms in total. The van der Waals surface area contributed by atoms with Gasteiger partial charge in [0.05, 0.1) is 23.5 Å². The summed E-state index contributed by atoms with van der Waals surface area (Å²) in [5.74, 6) is -0.257. The Morgan fingerprint density at radius 2 is 1.94 bits per heavy atom. The highest BCUT2D eigenvalue weighted by atomic mass is 32.1. The number of fused-ring (bicyclic) bond motifs is 1. The molecule has 1 unspecified atom stereocenters. The largest absolute Gasteiger partial charge is 0.330 e. The zero-order valence-electron chi connectivity index (χ0n) is 19.7. The quantitative estimate of drug-likeness (QED) is 0.298. The number of nitrogens with one attached hydrogen (secondary N) is 1. The predicted octanol–water partition coefficient (Wildman–Crippen LogP) is 5.74. The Balaban J connectivity index is 1.48. The Bertz CT molecular complexity index is 1580. The molecule has 0 saturated carbocycles. The van der Waals surface area contributed by atoms with Crippen LogP contribution in [0.4, 0.5) is 4.39 Å². The number of likely N-dealkylation sites (N-methyl/N-ethyl adjacent to an activating group) is 1. The van der Waals surface area contributed by atoms with Crippen molar-refractivity contribution < 1.29 is 9.18 Å². The third kappa shape index (κ3) is 4.72. The van der Waals surface area contributed by atoms with E-state index >= 15 is 0 Å². The van der Waals surface area contributed by atoms with Crippen molar-refractivity contribution in [2.45, 2.75) is 26.3 Å². The van der Waals surface area contributed by atoms with Gasteiger partial charge in [0.15, 0.2) is 0 Å². The fourth-order valence-corrected chi connectivity index (χ4v) is 6.20. The summed E-state index contributed by atoms with van der Waals surface area (Å²) in [6, 6.07) is 15.1. The lowest BCUT2D eigenvalue weighted by Crippen LogP contribution is -2.37. The number of aromatic nitrogens is 3. The molecular weight excluding hydrogens is 495 g/mol. The van der Waals surface area contributed by atoms with Crippen LogP contribution in [0.15, 0.2) is 71.0 Å². The molecule has 0 aliphatic rings. The number of H-pyrrole nitrogens is 1. The van der Waals surface area contributed by atoms with E-state index in [0.29, 0.717) is 28.3 Å². The van der Waals surface area contributed by atoms with Crippen LogP contribution in [-0.4, -0.2) is 32.3 Å². The summed E-state index contributed by atoms with van der Waals surface area (Å²) in [5.41, 5.74) is 2.02. The first-order valence-electron chi connectivity index (χ1n) is 11.5. The minimum Gasteiger partial charge on any atom is -0.330 e. The fourth-order valence-electron chi connectivity index (χ4n) is 4.28. The van der Waals surface area contributed by atoms with Gasteiger partial charge in [0.25, 0.3) is 5.56 Å². The number of rotatable bonds is 7. The van der Waals surface area contributed by atoms with E-state index < -0.39 is 6.04 Å². The van der Waals surface area contributed by atoms with Crippen molar-refractivity contribution >= 4 is 38.8 Å². The van der Waals surface area contributed by atoms with Crippen LogP contribution >= 0.6 is 22.7 Å². The van der Waals surface area contributed by atoms with Crippen LogP contribution in [0.5, 0.6) is 0 Å². The first-order chi connectivity index (χ1) is 17.4. The summed E-state index contributed by atoms with van der Waals surface area (Å²) in [4.78, 5) is 42.9. The summed E-state index contributed by atoms with van der Waals surface area (Å²) in [5, 5.41) is 2.48. The highest BCUT2D eigenvalue weighted by molar-refractivity contribution is 7.19. The van der Waals surface area contributed by atoms with Crippen molar-refractivity contribution in [1.29, 1.82) is 0 Å². The van der Waals surface area contributed by atoms with E-state index in [9.17, 15) is 14.0 Å². The smallest absolute Gasteiger partial charge is 0.260 e. The number of hydrogen-bond donors (Lipinski definition) is 1. The van der Waals surface area contributed by atoms with Crippen LogP contribution in [0.3, 0.4) is 0 Å². The van der Waals surface area contributed by atoms with Gasteiger partial charge in [-0.2, -0.15) is 0 Å². The molecule has 1 atom stereocenters. The molecule has 0 aliphatic carbocycles. The summed E-state index contributed by atoms with van der Waals surface area (Å²) in [6.07, 6.45) is 1.59. The maximum atomic E-state index is 13.6. The van der Waals surface area contributed by atoms with Crippen molar-refractivity contribution in [2.75, 3.05) is 6.54 Å². The standard InChI is InChI=1S/C27H23FN4O2S2/c1-3-32(25(20-6-4-5-13-29-20)17-8-10-18(28)11-9-17)23(33)14-22-30-26(34)24-19(15-35-27(24)31-22)21-12-7-16(2)36-21/h4-13,15,25H,3,14H2,1-2H3,(H,30,31,34). The van der Waals surface area contributed by atoms with Gasteiger partial charge in [-0.25, -0.2) is 9.37 Å². The molecule has 0 spiro atoms. The van der Waals surface area contributed by atoms with Gasteiger partial charge in [-0.15, -0.1) is 22.7 Å². The van der Waals surface area contributed by atoms with Gasteiger partial charge in [-0.1, -0.05) is 18.2 Å². The second-order valence-corrected chi connectivity index (χ2v) is 10.5. The van der Waals surface area contributed by atoms with Gasteiger partial charge in [0.2, 0.25) is 5.91 Å². The average molecular weight is 519 g/mol. The number of halogens is 1. The molecule has 5 rings (SSSR count). The number of thiophene rings is 2. The van der Waals surface area contributed by atoms with E-state index in [-0.39, 0.29) is 23.7 Å². The Labute approximate surface area is 215 Å². The number of aromatic amines is 1. The number of aryl methyl sites for hydroxylation is 1. The molecule has 0 aliphatic heterocycles. The van der Waals surface area contributed by atoms with Gasteiger partial charge in [-0.05, 0) is 55.8 Å². The van der Waals surface area contributed by atoms with Crippen LogP contribution in [-0.2, 0) is 11.2 Å². The summed E-state index contributed by atoms with van der Waals surface area (Å²) in [6.45, 7) is 4.30. The molecule has 0 fully saturated rings. The molecule has 5 aromatic rings. The molecular formula is C27H23FN4O2S2. The molecule has 36 heavy (non-hydrogen) atoms. The normalized spacial score (nSPS) is 12.1. The van der Waals surface area contributed by atoms with Crippen molar-refractivity contribution in [3.05, 3.63) is 104 Å². The number of hydrogen-bond acceptors (Lipinski definition) is 6. The molecule has 0 bridgehead atoms. The Morgan fingerprint density at radius 1 is 1.14 bits per heavy atom. The lowest BCUT2D eigenvalue weighted by atomic mass is 10.0. The lowest BCUT2D eigenvalue weighted by molar-refractivity contribution is -0.132. The maximum absolute atomic E-state index is 13.6. The van der Waals surface area contributed by atoms with Crippen LogP contribution < -0.4 is 5.56 Å². The van der Waals surface area contributed by atoms with Crippen molar-refractivity contribution in [1.82, 2.24) is 19.9 Å². The summed E-state index contributed by atoms with van der Waals surface area (Å²) >= 11 is 3.02. The van der Waals surface area contributed by atoms with Gasteiger partial charge < -0.3 is 9.88 Å². The Morgan fingerprint density at radius 3 is 2.61 bits per heavy atom. The number of carbonyl (C=O) groups excluding carboxylic acids is 1. The summed E-state index contributed by atoms with van der Waals surface area (Å²) < 4.78 is 13.6. The fraction of sp³-hybridized carbons (Fsp3) is 0.185. The van der Waals surface area contributed by atoms with Crippen LogP contribution in [0.25, 0.3) is 20.7 Å². The van der Waals surface area contributed by atoms with Crippen molar-refractivity contribution in [3.8, 4) is 10.4 Å². The van der Waals surface area contributed by atoms with Crippen LogP contribution in [0, 0.1) is 12.7 Å². The second-order valence-electron chi connectivity index (χ2n) is 8.32. The van der Waals surface area contributed by atoms with Gasteiger partial charge in [0.1, 0.15) is 16.5 Å². The van der Waals surface area contributed by atoms with Crippen LogP contribution in [0.2, 0.25) is 0 Å². The van der Waals surface area contributed by atoms with Gasteiger partial charge >= 0.3 is 0 Å². The Kier molecular flexibility index (Phi) is 6.75. The molecule has 1 amide bonds. The molecule has 4 aromatic heterocycles. The Hall–Kier alpha value is -3.69. The van der Waals surface area contributed by atoms with Gasteiger partial charge in [0, 0.05) is 33.4 Å². The van der Waals surface area contributed by atoms with Gasteiger partial charge in [-0.3, -0.25) is 14.6 Å². The van der Waals surface area contributed by atoms with E-state index in [1.807, 2.05) is 43.5 Å². The van der Waals surface area contributed by atoms with E-state index in [1.165, 1.54) is 28.3 Å². The summed E-state index contributed by atoms with van der Waals surface area (Å²) in [7, 11) is 0. The van der Waals surface area contributed by atoms with Crippen LogP contribution in [0.1, 0.15) is 34.9 Å². The number of nitrogens with zero attached hydrogens (tertiary/aromatic N) is 3. The third-order valence-electron chi connectivity index (χ3n) is 5.94. The molecule has 4 heterocycles. The van der Waals surface area contributed by atoms with E-state index in [0.717, 1.165) is 16.0 Å².